The number of rotatable bonds is 4. The first-order chi connectivity index (χ1) is 6.34. The van der Waals surface area contributed by atoms with Crippen LogP contribution < -0.4 is 5.32 Å². The zero-order valence-corrected chi connectivity index (χ0v) is 7.12. The normalized spacial score (nSPS) is 9.23. The summed E-state index contributed by atoms with van der Waals surface area (Å²) in [5.41, 5.74) is 0.605. The van der Waals surface area contributed by atoms with Crippen LogP contribution in [0.15, 0.2) is 30.3 Å². The second-order valence-corrected chi connectivity index (χ2v) is 2.52. The molecule has 0 atom stereocenters. The lowest BCUT2D eigenvalue weighted by molar-refractivity contribution is 0.0955. The fourth-order valence-corrected chi connectivity index (χ4v) is 0.919. The number of amides is 1. The largest absolute Gasteiger partial charge is 0.352 e. The zero-order chi connectivity index (χ0) is 9.52. The molecule has 0 heterocycles. The Hall–Kier alpha value is -1.64. The molecule has 3 nitrogen and oxygen atoms in total. The van der Waals surface area contributed by atoms with Gasteiger partial charge in [-0.3, -0.25) is 9.59 Å². The topological polar surface area (TPSA) is 46.2 Å². The summed E-state index contributed by atoms with van der Waals surface area (Å²) in [6.45, 7) is 0.344. The highest BCUT2D eigenvalue weighted by Crippen LogP contribution is 1.97. The molecule has 0 aliphatic carbocycles. The lowest BCUT2D eigenvalue weighted by atomic mass is 10.2. The van der Waals surface area contributed by atoms with Gasteiger partial charge in [0.1, 0.15) is 0 Å². The van der Waals surface area contributed by atoms with Gasteiger partial charge in [0.05, 0.1) is 0 Å². The average Bonchev–Trinajstić information content (AvgIpc) is 2.19. The van der Waals surface area contributed by atoms with Crippen LogP contribution in [-0.4, -0.2) is 18.7 Å². The zero-order valence-electron chi connectivity index (χ0n) is 7.12. The van der Waals surface area contributed by atoms with Gasteiger partial charge in [-0.25, -0.2) is 0 Å². The summed E-state index contributed by atoms with van der Waals surface area (Å²) < 4.78 is 0. The van der Waals surface area contributed by atoms with E-state index in [2.05, 4.69) is 5.32 Å². The van der Waals surface area contributed by atoms with Crippen LogP contribution in [-0.2, 0) is 4.79 Å². The van der Waals surface area contributed by atoms with Gasteiger partial charge in [0.25, 0.3) is 5.91 Å². The summed E-state index contributed by atoms with van der Waals surface area (Å²) in [5, 5.41) is 2.60. The number of carbonyl (C=O) groups is 1. The Bertz CT molecular complexity index is 282. The van der Waals surface area contributed by atoms with Crippen LogP contribution in [0.4, 0.5) is 0 Å². The van der Waals surface area contributed by atoms with Crippen molar-refractivity contribution in [2.45, 2.75) is 6.42 Å². The SMILES string of the molecule is O=[C]CCNC(=O)c1ccccc1. The quantitative estimate of drug-likeness (QED) is 0.693. The molecule has 1 aromatic carbocycles. The Balaban J connectivity index is 2.45. The Morgan fingerprint density at radius 3 is 2.62 bits per heavy atom. The van der Waals surface area contributed by atoms with E-state index in [-0.39, 0.29) is 12.3 Å². The third-order valence-electron chi connectivity index (χ3n) is 1.55. The average molecular weight is 176 g/mol. The first kappa shape index (κ1) is 9.45. The maximum absolute atomic E-state index is 11.3. The Morgan fingerprint density at radius 1 is 1.31 bits per heavy atom. The summed E-state index contributed by atoms with van der Waals surface area (Å²) in [7, 11) is 0. The van der Waals surface area contributed by atoms with E-state index < -0.39 is 0 Å². The first-order valence-corrected chi connectivity index (χ1v) is 4.03. The molecular formula is C10H10NO2. The molecule has 0 spiro atoms. The van der Waals surface area contributed by atoms with Crippen molar-refractivity contribution in [1.29, 1.82) is 0 Å². The van der Waals surface area contributed by atoms with Gasteiger partial charge >= 0.3 is 0 Å². The summed E-state index contributed by atoms with van der Waals surface area (Å²) >= 11 is 0. The number of nitrogens with one attached hydrogen (secondary N) is 1. The summed E-state index contributed by atoms with van der Waals surface area (Å²) in [6, 6.07) is 8.87. The Labute approximate surface area is 76.8 Å². The van der Waals surface area contributed by atoms with Crippen molar-refractivity contribution in [3.63, 3.8) is 0 Å². The van der Waals surface area contributed by atoms with Crippen LogP contribution in [0.25, 0.3) is 0 Å². The minimum atomic E-state index is -0.157. The summed E-state index contributed by atoms with van der Waals surface area (Å²) in [4.78, 5) is 21.1. The van der Waals surface area contributed by atoms with Gasteiger partial charge in [-0.05, 0) is 12.1 Å². The monoisotopic (exact) mass is 176 g/mol. The molecule has 0 saturated carbocycles. The molecule has 1 aromatic rings. The predicted octanol–water partition coefficient (Wildman–Crippen LogP) is 0.916. The molecule has 0 fully saturated rings. The molecule has 3 heteroatoms. The molecule has 0 aliphatic rings. The van der Waals surface area contributed by atoms with Crippen molar-refractivity contribution in [2.24, 2.45) is 0 Å². The molecule has 1 amide bonds. The van der Waals surface area contributed by atoms with E-state index in [0.29, 0.717) is 12.1 Å². The molecule has 67 valence electrons. The third kappa shape index (κ3) is 3.07. The molecule has 0 aliphatic heterocycles. The smallest absolute Gasteiger partial charge is 0.251 e. The van der Waals surface area contributed by atoms with Crippen LogP contribution in [0.1, 0.15) is 16.8 Å². The molecule has 0 unspecified atom stereocenters. The van der Waals surface area contributed by atoms with Gasteiger partial charge in [0.15, 0.2) is 6.29 Å². The van der Waals surface area contributed by atoms with Gasteiger partial charge in [-0.1, -0.05) is 18.2 Å². The van der Waals surface area contributed by atoms with Crippen molar-refractivity contribution >= 4 is 12.2 Å². The summed E-state index contributed by atoms with van der Waals surface area (Å²) in [6.07, 6.45) is 1.94. The van der Waals surface area contributed by atoms with Gasteiger partial charge < -0.3 is 5.32 Å². The third-order valence-corrected chi connectivity index (χ3v) is 1.55. The minimum absolute atomic E-state index is 0.157. The van der Waals surface area contributed by atoms with Gasteiger partial charge in [-0.15, -0.1) is 0 Å². The molecule has 1 radical (unpaired) electrons. The second kappa shape index (κ2) is 5.09. The molecule has 1 N–H and O–H groups in total. The minimum Gasteiger partial charge on any atom is -0.352 e. The van der Waals surface area contributed by atoms with Crippen LogP contribution in [0.2, 0.25) is 0 Å². The maximum Gasteiger partial charge on any atom is 0.251 e. The van der Waals surface area contributed by atoms with E-state index in [1.807, 2.05) is 6.07 Å². The predicted molar refractivity (Wildman–Crippen MR) is 49.1 cm³/mol. The highest BCUT2D eigenvalue weighted by Gasteiger charge is 2.01. The second-order valence-electron chi connectivity index (χ2n) is 2.52. The first-order valence-electron chi connectivity index (χ1n) is 4.03. The van der Waals surface area contributed by atoms with E-state index in [0.717, 1.165) is 0 Å². The van der Waals surface area contributed by atoms with E-state index in [9.17, 15) is 9.59 Å². The molecule has 13 heavy (non-hydrogen) atoms. The lowest BCUT2D eigenvalue weighted by Gasteiger charge is -2.01. The van der Waals surface area contributed by atoms with Crippen LogP contribution in [0.3, 0.4) is 0 Å². The highest BCUT2D eigenvalue weighted by molar-refractivity contribution is 5.94. The number of hydrogen-bond acceptors (Lipinski definition) is 2. The van der Waals surface area contributed by atoms with E-state index >= 15 is 0 Å². The van der Waals surface area contributed by atoms with Crippen molar-refractivity contribution in [3.05, 3.63) is 35.9 Å². The van der Waals surface area contributed by atoms with Crippen molar-refractivity contribution in [3.8, 4) is 0 Å². The fraction of sp³-hybridized carbons (Fsp3) is 0.200. The molecule has 0 aromatic heterocycles. The number of benzene rings is 1. The molecule has 0 saturated heterocycles. The molecule has 0 bridgehead atoms. The maximum atomic E-state index is 11.3. The van der Waals surface area contributed by atoms with Gasteiger partial charge in [0, 0.05) is 18.5 Å². The number of carbonyl (C=O) groups excluding carboxylic acids is 2. The van der Waals surface area contributed by atoms with Gasteiger partial charge in [0.2, 0.25) is 0 Å². The van der Waals surface area contributed by atoms with Crippen molar-refractivity contribution in [2.75, 3.05) is 6.54 Å². The lowest BCUT2D eigenvalue weighted by Crippen LogP contribution is -2.24. The number of hydrogen-bond donors (Lipinski definition) is 1. The Morgan fingerprint density at radius 2 is 2.00 bits per heavy atom. The van der Waals surface area contributed by atoms with Crippen LogP contribution in [0.5, 0.6) is 0 Å². The van der Waals surface area contributed by atoms with E-state index in [1.54, 1.807) is 30.6 Å². The van der Waals surface area contributed by atoms with Crippen molar-refractivity contribution in [1.82, 2.24) is 5.32 Å². The van der Waals surface area contributed by atoms with E-state index in [1.165, 1.54) is 0 Å². The van der Waals surface area contributed by atoms with Crippen molar-refractivity contribution < 1.29 is 9.59 Å². The molecule has 1 rings (SSSR count). The van der Waals surface area contributed by atoms with Crippen LogP contribution >= 0.6 is 0 Å². The highest BCUT2D eigenvalue weighted by atomic mass is 16.1. The fourth-order valence-electron chi connectivity index (χ4n) is 0.919. The van der Waals surface area contributed by atoms with Gasteiger partial charge in [-0.2, -0.15) is 0 Å². The standard InChI is InChI=1S/C10H10NO2/c12-8-4-7-11-10(13)9-5-2-1-3-6-9/h1-3,5-6H,4,7H2,(H,11,13). The van der Waals surface area contributed by atoms with E-state index in [4.69, 9.17) is 0 Å². The van der Waals surface area contributed by atoms with Crippen LogP contribution in [0, 0.1) is 0 Å². The molecular weight excluding hydrogens is 166 g/mol. The Kier molecular flexibility index (Phi) is 3.70. The summed E-state index contributed by atoms with van der Waals surface area (Å²) in [5.74, 6) is -0.157.